The lowest BCUT2D eigenvalue weighted by atomic mass is 9.80. The van der Waals surface area contributed by atoms with Crippen LogP contribution in [-0.4, -0.2) is 16.1 Å². The fourth-order valence-electron chi connectivity index (χ4n) is 6.26. The van der Waals surface area contributed by atoms with Gasteiger partial charge in [-0.05, 0) is 74.3 Å². The van der Waals surface area contributed by atoms with Crippen molar-refractivity contribution in [3.8, 4) is 0 Å². The highest BCUT2D eigenvalue weighted by Gasteiger charge is 2.43. The second-order valence-electron chi connectivity index (χ2n) is 9.87. The minimum atomic E-state index is -0.940. The first-order valence-electron chi connectivity index (χ1n) is 11.9. The lowest BCUT2D eigenvalue weighted by Gasteiger charge is -2.24. The summed E-state index contributed by atoms with van der Waals surface area (Å²) in [5, 5.41) is 14.0. The van der Waals surface area contributed by atoms with E-state index in [0.29, 0.717) is 5.69 Å². The lowest BCUT2D eigenvalue weighted by molar-refractivity contribution is 0.0698. The zero-order valence-corrected chi connectivity index (χ0v) is 19.1. The number of nitrogens with one attached hydrogen (secondary N) is 1. The number of hydrogen-bond donors (Lipinski definition) is 2. The number of aryl methyl sites for hydroxylation is 2. The number of fused-ring (bicyclic) bond motifs is 6. The van der Waals surface area contributed by atoms with Gasteiger partial charge >= 0.3 is 5.97 Å². The number of para-hydroxylation sites is 1. The van der Waals surface area contributed by atoms with Crippen LogP contribution in [0.4, 0.5) is 5.69 Å². The molecule has 1 spiro atoms. The Kier molecular flexibility index (Phi) is 4.51. The first kappa shape index (κ1) is 20.3. The molecule has 2 heterocycles. The van der Waals surface area contributed by atoms with E-state index in [1.54, 1.807) is 12.1 Å². The molecule has 0 saturated heterocycles. The first-order valence-corrected chi connectivity index (χ1v) is 11.9. The largest absolute Gasteiger partial charge is 0.478 e. The zero-order chi connectivity index (χ0) is 22.7. The lowest BCUT2D eigenvalue weighted by Crippen LogP contribution is -2.18. The standard InChI is InChI=1S/C28H28N2O3/c1-16-13-20(17(2)30-22-8-4-3-7-19(22)27(31)32)25-21(14-16)24-26(33-25)23-18(15-29-24)9-12-28(23)10-5-6-11-28/h3-4,7-8,13-15,17,30H,5-6,9-12H2,1-2H3,(H,31,32). The van der Waals surface area contributed by atoms with Crippen molar-refractivity contribution >= 4 is 33.7 Å². The molecular formula is C28H28N2O3. The van der Waals surface area contributed by atoms with Crippen molar-refractivity contribution in [2.24, 2.45) is 0 Å². The maximum absolute atomic E-state index is 11.7. The number of aromatic carboxylic acids is 1. The van der Waals surface area contributed by atoms with Gasteiger partial charge in [0.05, 0.1) is 11.6 Å². The number of benzene rings is 2. The molecule has 6 rings (SSSR count). The molecule has 4 aromatic rings. The molecule has 168 valence electrons. The van der Waals surface area contributed by atoms with Gasteiger partial charge in [-0.2, -0.15) is 0 Å². The SMILES string of the molecule is Cc1cc(C(C)Nc2ccccc2C(=O)O)c2oc3c4c(cnc3c2c1)CCC41CCCC1. The highest BCUT2D eigenvalue weighted by molar-refractivity contribution is 6.05. The van der Waals surface area contributed by atoms with Crippen LogP contribution < -0.4 is 5.32 Å². The monoisotopic (exact) mass is 440 g/mol. The van der Waals surface area contributed by atoms with Crippen LogP contribution in [0.1, 0.15) is 77.7 Å². The molecule has 5 nitrogen and oxygen atoms in total. The fourth-order valence-corrected chi connectivity index (χ4v) is 6.26. The second-order valence-corrected chi connectivity index (χ2v) is 9.87. The summed E-state index contributed by atoms with van der Waals surface area (Å²) in [6.45, 7) is 4.14. The van der Waals surface area contributed by atoms with Crippen LogP contribution in [0.3, 0.4) is 0 Å². The van der Waals surface area contributed by atoms with E-state index >= 15 is 0 Å². The third kappa shape index (κ3) is 3.05. The molecule has 1 fully saturated rings. The molecule has 2 aliphatic carbocycles. The summed E-state index contributed by atoms with van der Waals surface area (Å²) in [5.41, 5.74) is 8.81. The molecule has 2 aromatic carbocycles. The molecule has 1 atom stereocenters. The Balaban J connectivity index is 1.51. The predicted octanol–water partition coefficient (Wildman–Crippen LogP) is 6.92. The molecule has 5 heteroatoms. The van der Waals surface area contributed by atoms with Crippen molar-refractivity contribution in [2.75, 3.05) is 5.32 Å². The average Bonchev–Trinajstić information content (AvgIpc) is 3.51. The Hall–Kier alpha value is -3.34. The number of pyridine rings is 1. The molecule has 0 amide bonds. The van der Waals surface area contributed by atoms with Crippen LogP contribution in [-0.2, 0) is 11.8 Å². The van der Waals surface area contributed by atoms with Crippen molar-refractivity contribution in [1.82, 2.24) is 4.98 Å². The Morgan fingerprint density at radius 3 is 2.73 bits per heavy atom. The normalized spacial score (nSPS) is 17.6. The van der Waals surface area contributed by atoms with E-state index < -0.39 is 5.97 Å². The fraction of sp³-hybridized carbons (Fsp3) is 0.357. The molecule has 2 N–H and O–H groups in total. The first-order chi connectivity index (χ1) is 16.0. The number of carboxylic acids is 1. The molecule has 1 saturated carbocycles. The van der Waals surface area contributed by atoms with Crippen LogP contribution >= 0.6 is 0 Å². The van der Waals surface area contributed by atoms with Gasteiger partial charge in [-0.15, -0.1) is 0 Å². The van der Waals surface area contributed by atoms with E-state index in [1.165, 1.54) is 43.2 Å². The number of carbonyl (C=O) groups is 1. The Bertz CT molecular complexity index is 1410. The van der Waals surface area contributed by atoms with E-state index in [1.807, 2.05) is 12.1 Å². The van der Waals surface area contributed by atoms with Gasteiger partial charge in [-0.25, -0.2) is 4.79 Å². The maximum Gasteiger partial charge on any atom is 0.337 e. The predicted molar refractivity (Wildman–Crippen MR) is 130 cm³/mol. The Morgan fingerprint density at radius 2 is 1.94 bits per heavy atom. The van der Waals surface area contributed by atoms with Gasteiger partial charge in [0.1, 0.15) is 11.1 Å². The van der Waals surface area contributed by atoms with Crippen LogP contribution in [0.2, 0.25) is 0 Å². The summed E-state index contributed by atoms with van der Waals surface area (Å²) < 4.78 is 6.69. The van der Waals surface area contributed by atoms with Gasteiger partial charge in [0, 0.05) is 28.4 Å². The Labute approximate surface area is 192 Å². The van der Waals surface area contributed by atoms with Crippen molar-refractivity contribution in [2.45, 2.75) is 63.8 Å². The average molecular weight is 441 g/mol. The minimum Gasteiger partial charge on any atom is -0.478 e. The van der Waals surface area contributed by atoms with Gasteiger partial charge in [0.15, 0.2) is 5.58 Å². The number of carboxylic acid groups (broad SMARTS) is 1. The number of hydrogen-bond acceptors (Lipinski definition) is 4. The van der Waals surface area contributed by atoms with E-state index in [4.69, 9.17) is 9.40 Å². The van der Waals surface area contributed by atoms with Crippen LogP contribution in [0.5, 0.6) is 0 Å². The van der Waals surface area contributed by atoms with Crippen molar-refractivity contribution < 1.29 is 14.3 Å². The summed E-state index contributed by atoms with van der Waals surface area (Å²) in [6.07, 6.45) is 9.43. The highest BCUT2D eigenvalue weighted by atomic mass is 16.4. The molecule has 0 radical (unpaired) electrons. The summed E-state index contributed by atoms with van der Waals surface area (Å²) in [6, 6.07) is 11.2. The van der Waals surface area contributed by atoms with Crippen LogP contribution in [0.25, 0.3) is 22.1 Å². The third-order valence-electron chi connectivity index (χ3n) is 7.79. The molecular weight excluding hydrogens is 412 g/mol. The number of nitrogens with zero attached hydrogens (tertiary/aromatic N) is 1. The summed E-state index contributed by atoms with van der Waals surface area (Å²) in [7, 11) is 0. The highest BCUT2D eigenvalue weighted by Crippen LogP contribution is 2.53. The quantitative estimate of drug-likeness (QED) is 0.360. The van der Waals surface area contributed by atoms with Crippen molar-refractivity contribution in [3.05, 3.63) is 70.4 Å². The second kappa shape index (κ2) is 7.34. The number of rotatable bonds is 4. The topological polar surface area (TPSA) is 75.4 Å². The van der Waals surface area contributed by atoms with E-state index in [2.05, 4.69) is 37.5 Å². The number of furan rings is 1. The van der Waals surface area contributed by atoms with E-state index in [0.717, 1.165) is 39.6 Å². The van der Waals surface area contributed by atoms with Gasteiger partial charge in [0.25, 0.3) is 0 Å². The van der Waals surface area contributed by atoms with Crippen LogP contribution in [0, 0.1) is 6.92 Å². The summed E-state index contributed by atoms with van der Waals surface area (Å²) in [5.74, 6) is -0.940. The number of aromatic nitrogens is 1. The van der Waals surface area contributed by atoms with Gasteiger partial charge in [0.2, 0.25) is 0 Å². The van der Waals surface area contributed by atoms with E-state index in [-0.39, 0.29) is 17.0 Å². The van der Waals surface area contributed by atoms with Gasteiger partial charge < -0.3 is 14.8 Å². The molecule has 1 unspecified atom stereocenters. The van der Waals surface area contributed by atoms with Gasteiger partial charge in [-0.3, -0.25) is 4.98 Å². The van der Waals surface area contributed by atoms with Crippen molar-refractivity contribution in [1.29, 1.82) is 0 Å². The zero-order valence-electron chi connectivity index (χ0n) is 19.1. The molecule has 0 bridgehead atoms. The Morgan fingerprint density at radius 1 is 1.15 bits per heavy atom. The van der Waals surface area contributed by atoms with E-state index in [9.17, 15) is 9.90 Å². The summed E-state index contributed by atoms with van der Waals surface area (Å²) in [4.78, 5) is 16.6. The van der Waals surface area contributed by atoms with Gasteiger partial charge in [-0.1, -0.05) is 31.0 Å². The molecule has 0 aliphatic heterocycles. The minimum absolute atomic E-state index is 0.137. The van der Waals surface area contributed by atoms with Crippen molar-refractivity contribution in [3.63, 3.8) is 0 Å². The molecule has 2 aliphatic rings. The number of anilines is 1. The third-order valence-corrected chi connectivity index (χ3v) is 7.79. The summed E-state index contributed by atoms with van der Waals surface area (Å²) >= 11 is 0. The maximum atomic E-state index is 11.7. The van der Waals surface area contributed by atoms with Crippen LogP contribution in [0.15, 0.2) is 47.0 Å². The molecule has 2 aromatic heterocycles. The molecule has 33 heavy (non-hydrogen) atoms. The smallest absolute Gasteiger partial charge is 0.337 e.